The van der Waals surface area contributed by atoms with Crippen LogP contribution < -0.4 is 10.6 Å². The molecule has 2 N–H and O–H groups in total. The highest BCUT2D eigenvalue weighted by molar-refractivity contribution is 5.89. The van der Waals surface area contributed by atoms with Crippen molar-refractivity contribution < 1.29 is 18.0 Å². The Balaban J connectivity index is 1.91. The quantitative estimate of drug-likeness (QED) is 0.899. The van der Waals surface area contributed by atoms with E-state index in [1.54, 1.807) is 0 Å². The largest absolute Gasteiger partial charge is 0.433 e. The van der Waals surface area contributed by atoms with Crippen LogP contribution in [0.1, 0.15) is 31.4 Å². The van der Waals surface area contributed by atoms with Crippen molar-refractivity contribution in [3.8, 4) is 0 Å². The Labute approximate surface area is 121 Å². The van der Waals surface area contributed by atoms with Gasteiger partial charge in [-0.15, -0.1) is 0 Å². The summed E-state index contributed by atoms with van der Waals surface area (Å²) in [6.07, 6.45) is -1.30. The molecule has 1 amide bonds. The minimum absolute atomic E-state index is 0.0574. The molecule has 0 radical (unpaired) electrons. The van der Waals surface area contributed by atoms with Crippen molar-refractivity contribution in [2.75, 3.05) is 12.4 Å². The van der Waals surface area contributed by atoms with Crippen LogP contribution in [0, 0.1) is 5.92 Å². The summed E-state index contributed by atoms with van der Waals surface area (Å²) < 4.78 is 37.6. The number of alkyl halides is 3. The predicted molar refractivity (Wildman–Crippen MR) is 72.7 cm³/mol. The third-order valence-corrected chi connectivity index (χ3v) is 3.73. The number of anilines is 1. The molecule has 116 valence electrons. The number of aromatic nitrogens is 1. The summed E-state index contributed by atoms with van der Waals surface area (Å²) in [7, 11) is 1.89. The zero-order chi connectivity index (χ0) is 15.5. The molecule has 1 heterocycles. The Morgan fingerprint density at radius 3 is 2.76 bits per heavy atom. The number of pyridine rings is 1. The van der Waals surface area contributed by atoms with E-state index in [0.717, 1.165) is 25.3 Å². The van der Waals surface area contributed by atoms with E-state index in [1.807, 2.05) is 7.05 Å². The van der Waals surface area contributed by atoms with Crippen LogP contribution in [0.15, 0.2) is 18.2 Å². The molecule has 0 saturated heterocycles. The molecule has 4 nitrogen and oxygen atoms in total. The monoisotopic (exact) mass is 301 g/mol. The number of carbonyl (C=O) groups excluding carboxylic acids is 1. The van der Waals surface area contributed by atoms with Gasteiger partial charge in [-0.05, 0) is 44.4 Å². The van der Waals surface area contributed by atoms with E-state index >= 15 is 0 Å². The molecule has 1 aliphatic carbocycles. The third kappa shape index (κ3) is 4.42. The summed E-state index contributed by atoms with van der Waals surface area (Å²) in [6, 6.07) is 3.90. The zero-order valence-corrected chi connectivity index (χ0v) is 11.7. The number of nitrogens with zero attached hydrogens (tertiary/aromatic N) is 1. The molecule has 0 aromatic carbocycles. The van der Waals surface area contributed by atoms with Gasteiger partial charge in [0.05, 0.1) is 0 Å². The van der Waals surface area contributed by atoms with E-state index in [0.29, 0.717) is 12.5 Å². The van der Waals surface area contributed by atoms with Crippen LogP contribution in [0.25, 0.3) is 0 Å². The second kappa shape index (κ2) is 6.43. The van der Waals surface area contributed by atoms with E-state index in [1.165, 1.54) is 12.1 Å². The number of nitrogens with one attached hydrogen (secondary N) is 2. The maximum atomic E-state index is 12.5. The van der Waals surface area contributed by atoms with Crippen molar-refractivity contribution in [1.82, 2.24) is 10.3 Å². The number of carbonyl (C=O) groups is 1. The van der Waals surface area contributed by atoms with Gasteiger partial charge in [-0.1, -0.05) is 6.07 Å². The normalized spacial score (nSPS) is 22.3. The van der Waals surface area contributed by atoms with Gasteiger partial charge >= 0.3 is 6.18 Å². The summed E-state index contributed by atoms with van der Waals surface area (Å²) in [4.78, 5) is 15.3. The Morgan fingerprint density at radius 1 is 1.38 bits per heavy atom. The molecular weight excluding hydrogens is 283 g/mol. The van der Waals surface area contributed by atoms with E-state index in [9.17, 15) is 18.0 Å². The highest BCUT2D eigenvalue weighted by Crippen LogP contribution is 2.29. The van der Waals surface area contributed by atoms with Gasteiger partial charge < -0.3 is 10.6 Å². The molecule has 1 aromatic rings. The maximum absolute atomic E-state index is 12.5. The standard InChI is InChI=1S/C14H18F3N3O/c1-18-10-6-5-9(7-10)8-13(21)20-12-4-2-3-11(19-12)14(15,16)17/h2-4,9-10,18H,5-8H2,1H3,(H,19,20,21). The molecule has 7 heteroatoms. The summed E-state index contributed by atoms with van der Waals surface area (Å²) in [5.41, 5.74) is -1.00. The third-order valence-electron chi connectivity index (χ3n) is 3.73. The second-order valence-corrected chi connectivity index (χ2v) is 5.32. The summed E-state index contributed by atoms with van der Waals surface area (Å²) >= 11 is 0. The van der Waals surface area contributed by atoms with Crippen molar-refractivity contribution in [3.05, 3.63) is 23.9 Å². The molecule has 0 spiro atoms. The SMILES string of the molecule is CNC1CCC(CC(=O)Nc2cccc(C(F)(F)F)n2)C1. The molecule has 2 atom stereocenters. The zero-order valence-electron chi connectivity index (χ0n) is 11.7. The smallest absolute Gasteiger partial charge is 0.317 e. The number of halogens is 3. The van der Waals surface area contributed by atoms with Crippen molar-refractivity contribution >= 4 is 11.7 Å². The van der Waals surface area contributed by atoms with Gasteiger partial charge in [-0.2, -0.15) is 13.2 Å². The van der Waals surface area contributed by atoms with Crippen molar-refractivity contribution in [2.45, 2.75) is 37.9 Å². The summed E-state index contributed by atoms with van der Waals surface area (Å²) in [5.74, 6) is -0.0742. The molecule has 1 aliphatic rings. The molecule has 1 aromatic heterocycles. The topological polar surface area (TPSA) is 54.0 Å². The van der Waals surface area contributed by atoms with E-state index < -0.39 is 11.9 Å². The predicted octanol–water partition coefficient (Wildman–Crippen LogP) is 2.82. The first-order chi connectivity index (χ1) is 9.88. The first-order valence-electron chi connectivity index (χ1n) is 6.90. The summed E-state index contributed by atoms with van der Waals surface area (Å²) in [6.45, 7) is 0. The van der Waals surface area contributed by atoms with E-state index in [2.05, 4.69) is 15.6 Å². The lowest BCUT2D eigenvalue weighted by molar-refractivity contribution is -0.141. The van der Waals surface area contributed by atoms with E-state index in [-0.39, 0.29) is 17.6 Å². The minimum Gasteiger partial charge on any atom is -0.317 e. The molecular formula is C14H18F3N3O. The van der Waals surface area contributed by atoms with Gasteiger partial charge in [-0.3, -0.25) is 4.79 Å². The molecule has 21 heavy (non-hydrogen) atoms. The lowest BCUT2D eigenvalue weighted by Crippen LogP contribution is -2.22. The number of hydrogen-bond acceptors (Lipinski definition) is 3. The number of rotatable bonds is 4. The Hall–Kier alpha value is -1.63. The van der Waals surface area contributed by atoms with E-state index in [4.69, 9.17) is 0 Å². The average Bonchev–Trinajstić information content (AvgIpc) is 2.85. The van der Waals surface area contributed by atoms with Gasteiger partial charge in [0.2, 0.25) is 5.91 Å². The molecule has 0 bridgehead atoms. The fourth-order valence-electron chi connectivity index (χ4n) is 2.64. The average molecular weight is 301 g/mol. The van der Waals surface area contributed by atoms with Crippen LogP contribution in [0.5, 0.6) is 0 Å². The van der Waals surface area contributed by atoms with Gasteiger partial charge in [-0.25, -0.2) is 4.98 Å². The van der Waals surface area contributed by atoms with Crippen LogP contribution in [0.4, 0.5) is 19.0 Å². The van der Waals surface area contributed by atoms with Crippen LogP contribution in [0.3, 0.4) is 0 Å². The minimum atomic E-state index is -4.51. The highest BCUT2D eigenvalue weighted by Gasteiger charge is 2.32. The lowest BCUT2D eigenvalue weighted by Gasteiger charge is -2.12. The molecule has 0 aliphatic heterocycles. The van der Waals surface area contributed by atoms with Crippen molar-refractivity contribution in [1.29, 1.82) is 0 Å². The molecule has 1 fully saturated rings. The molecule has 2 rings (SSSR count). The van der Waals surface area contributed by atoms with Gasteiger partial charge in [0.1, 0.15) is 11.5 Å². The van der Waals surface area contributed by atoms with Crippen LogP contribution in [-0.4, -0.2) is 24.0 Å². The Morgan fingerprint density at radius 2 is 2.14 bits per heavy atom. The fraction of sp³-hybridized carbons (Fsp3) is 0.571. The van der Waals surface area contributed by atoms with Gasteiger partial charge in [0, 0.05) is 12.5 Å². The van der Waals surface area contributed by atoms with Crippen LogP contribution in [0.2, 0.25) is 0 Å². The number of amides is 1. The fourth-order valence-corrected chi connectivity index (χ4v) is 2.64. The van der Waals surface area contributed by atoms with Crippen LogP contribution in [-0.2, 0) is 11.0 Å². The molecule has 1 saturated carbocycles. The lowest BCUT2D eigenvalue weighted by atomic mass is 10.0. The summed E-state index contributed by atoms with van der Waals surface area (Å²) in [5, 5.41) is 5.62. The van der Waals surface area contributed by atoms with Crippen molar-refractivity contribution in [3.63, 3.8) is 0 Å². The molecule has 2 unspecified atom stereocenters. The maximum Gasteiger partial charge on any atom is 0.433 e. The first kappa shape index (κ1) is 15.8. The van der Waals surface area contributed by atoms with Gasteiger partial charge in [0.15, 0.2) is 0 Å². The Kier molecular flexibility index (Phi) is 4.82. The van der Waals surface area contributed by atoms with Gasteiger partial charge in [0.25, 0.3) is 0 Å². The first-order valence-corrected chi connectivity index (χ1v) is 6.90. The van der Waals surface area contributed by atoms with Crippen LogP contribution >= 0.6 is 0 Å². The highest BCUT2D eigenvalue weighted by atomic mass is 19.4. The Bertz CT molecular complexity index is 504. The van der Waals surface area contributed by atoms with Crippen molar-refractivity contribution in [2.24, 2.45) is 5.92 Å². The second-order valence-electron chi connectivity index (χ2n) is 5.32. The number of hydrogen-bond donors (Lipinski definition) is 2.